The van der Waals surface area contributed by atoms with Gasteiger partial charge in [0.1, 0.15) is 5.75 Å². The molecule has 0 aliphatic rings. The van der Waals surface area contributed by atoms with Crippen molar-refractivity contribution in [2.24, 2.45) is 0 Å². The van der Waals surface area contributed by atoms with E-state index in [2.05, 4.69) is 19.7 Å². The van der Waals surface area contributed by atoms with Crippen LogP contribution >= 0.6 is 0 Å². The summed E-state index contributed by atoms with van der Waals surface area (Å²) in [5, 5.41) is 8.63. The number of para-hydroxylation sites is 1. The smallest absolute Gasteiger partial charge is 0.115 e. The number of phenolic OH excluding ortho intramolecular Hbond substituents is 1. The summed E-state index contributed by atoms with van der Waals surface area (Å²) in [4.78, 5) is 0. The number of hydrogen-bond donors (Lipinski definition) is 1. The quantitative estimate of drug-likeness (QED) is 0.567. The summed E-state index contributed by atoms with van der Waals surface area (Å²) in [5.74, 6) is 0.322. The predicted octanol–water partition coefficient (Wildman–Crippen LogP) is 6.69. The standard InChI is InChI=1S/C10H10.C8H8.C6H6O/c1-3-9-7-5-6-8-10(9)4-2;1-2-8-6-4-3-5-7-8;7-6-4-2-1-3-5-6/h3-8H,1-2H2;2-7H,1H2;1-5,7H. The van der Waals surface area contributed by atoms with E-state index < -0.39 is 0 Å². The van der Waals surface area contributed by atoms with Crippen LogP contribution < -0.4 is 0 Å². The molecule has 1 nitrogen and oxygen atoms in total. The Morgan fingerprint density at radius 1 is 0.520 bits per heavy atom. The Balaban J connectivity index is 0.000000191. The molecular formula is C24H24O. The van der Waals surface area contributed by atoms with Crippen molar-refractivity contribution < 1.29 is 5.11 Å². The van der Waals surface area contributed by atoms with E-state index in [1.54, 1.807) is 24.3 Å². The Kier molecular flexibility index (Phi) is 9.58. The van der Waals surface area contributed by atoms with Crippen molar-refractivity contribution in [3.8, 4) is 5.75 Å². The van der Waals surface area contributed by atoms with E-state index in [1.807, 2.05) is 78.9 Å². The largest absolute Gasteiger partial charge is 0.508 e. The van der Waals surface area contributed by atoms with Gasteiger partial charge in [0.05, 0.1) is 0 Å². The van der Waals surface area contributed by atoms with Crippen molar-refractivity contribution in [2.75, 3.05) is 0 Å². The average Bonchev–Trinajstić information content (AvgIpc) is 2.70. The van der Waals surface area contributed by atoms with E-state index in [9.17, 15) is 0 Å². The third-order valence-corrected chi connectivity index (χ3v) is 3.23. The third-order valence-electron chi connectivity index (χ3n) is 3.23. The number of rotatable bonds is 3. The van der Waals surface area contributed by atoms with Gasteiger partial charge in [-0.05, 0) is 28.8 Å². The molecule has 0 spiro atoms. The van der Waals surface area contributed by atoms with Crippen LogP contribution in [0.15, 0.2) is 105 Å². The van der Waals surface area contributed by atoms with Gasteiger partial charge in [-0.15, -0.1) is 0 Å². The summed E-state index contributed by atoms with van der Waals surface area (Å²) < 4.78 is 0. The Morgan fingerprint density at radius 2 is 0.920 bits per heavy atom. The third kappa shape index (κ3) is 8.19. The first kappa shape index (κ1) is 19.7. The van der Waals surface area contributed by atoms with Crippen LogP contribution in [0.4, 0.5) is 0 Å². The minimum atomic E-state index is 0.322. The zero-order valence-electron chi connectivity index (χ0n) is 14.4. The molecule has 25 heavy (non-hydrogen) atoms. The van der Waals surface area contributed by atoms with Gasteiger partial charge >= 0.3 is 0 Å². The molecule has 0 aromatic heterocycles. The van der Waals surface area contributed by atoms with Gasteiger partial charge in [-0.1, -0.05) is 111 Å². The van der Waals surface area contributed by atoms with Crippen LogP contribution in [0, 0.1) is 0 Å². The average molecular weight is 328 g/mol. The van der Waals surface area contributed by atoms with Crippen LogP contribution in [0.3, 0.4) is 0 Å². The maximum absolute atomic E-state index is 8.63. The second-order valence-corrected chi connectivity index (χ2v) is 4.99. The van der Waals surface area contributed by atoms with E-state index in [-0.39, 0.29) is 0 Å². The van der Waals surface area contributed by atoms with Crippen molar-refractivity contribution in [2.45, 2.75) is 0 Å². The van der Waals surface area contributed by atoms with E-state index in [0.717, 1.165) is 11.1 Å². The molecule has 0 atom stereocenters. The van der Waals surface area contributed by atoms with Gasteiger partial charge in [0.15, 0.2) is 0 Å². The summed E-state index contributed by atoms with van der Waals surface area (Å²) in [6, 6.07) is 26.8. The van der Waals surface area contributed by atoms with Crippen molar-refractivity contribution >= 4 is 18.2 Å². The second kappa shape index (κ2) is 12.1. The monoisotopic (exact) mass is 328 g/mol. The summed E-state index contributed by atoms with van der Waals surface area (Å²) in [6.07, 6.45) is 5.49. The van der Waals surface area contributed by atoms with Gasteiger partial charge in [-0.25, -0.2) is 0 Å². The molecule has 0 unspecified atom stereocenters. The lowest BCUT2D eigenvalue weighted by atomic mass is 10.1. The molecule has 3 rings (SSSR count). The lowest BCUT2D eigenvalue weighted by molar-refractivity contribution is 0.475. The Hall–Kier alpha value is -3.32. The van der Waals surface area contributed by atoms with E-state index in [0.29, 0.717) is 5.75 Å². The number of benzene rings is 3. The number of phenols is 1. The first-order valence-electron chi connectivity index (χ1n) is 7.96. The van der Waals surface area contributed by atoms with Crippen LogP contribution in [-0.2, 0) is 0 Å². The lowest BCUT2D eigenvalue weighted by Gasteiger charge is -1.96. The molecule has 3 aromatic carbocycles. The summed E-state index contributed by atoms with van der Waals surface area (Å²) in [5.41, 5.74) is 3.45. The second-order valence-electron chi connectivity index (χ2n) is 4.99. The molecule has 0 radical (unpaired) electrons. The Labute approximate surface area is 150 Å². The highest BCUT2D eigenvalue weighted by Crippen LogP contribution is 2.10. The van der Waals surface area contributed by atoms with Crippen LogP contribution in [0.5, 0.6) is 5.75 Å². The van der Waals surface area contributed by atoms with E-state index >= 15 is 0 Å². The lowest BCUT2D eigenvalue weighted by Crippen LogP contribution is -1.76. The zero-order chi connectivity index (χ0) is 18.3. The van der Waals surface area contributed by atoms with Crippen molar-refractivity contribution in [3.05, 3.63) is 121 Å². The van der Waals surface area contributed by atoms with E-state index in [4.69, 9.17) is 5.11 Å². The molecule has 3 aromatic rings. The highest BCUT2D eigenvalue weighted by atomic mass is 16.3. The Morgan fingerprint density at radius 3 is 1.20 bits per heavy atom. The number of hydrogen-bond acceptors (Lipinski definition) is 1. The van der Waals surface area contributed by atoms with Crippen LogP contribution in [0.2, 0.25) is 0 Å². The molecule has 0 heterocycles. The predicted molar refractivity (Wildman–Crippen MR) is 111 cm³/mol. The summed E-state index contributed by atoms with van der Waals surface area (Å²) >= 11 is 0. The highest BCUT2D eigenvalue weighted by Gasteiger charge is 1.89. The van der Waals surface area contributed by atoms with Crippen molar-refractivity contribution in [3.63, 3.8) is 0 Å². The van der Waals surface area contributed by atoms with Gasteiger partial charge in [0.25, 0.3) is 0 Å². The Bertz CT molecular complexity index is 731. The normalized spacial score (nSPS) is 8.64. The maximum atomic E-state index is 8.63. The van der Waals surface area contributed by atoms with Gasteiger partial charge in [-0.3, -0.25) is 0 Å². The van der Waals surface area contributed by atoms with Crippen LogP contribution in [-0.4, -0.2) is 5.11 Å². The first-order chi connectivity index (χ1) is 12.2. The van der Waals surface area contributed by atoms with Crippen LogP contribution in [0.25, 0.3) is 18.2 Å². The van der Waals surface area contributed by atoms with Gasteiger partial charge in [0.2, 0.25) is 0 Å². The van der Waals surface area contributed by atoms with Gasteiger partial charge < -0.3 is 5.11 Å². The van der Waals surface area contributed by atoms with Crippen molar-refractivity contribution in [1.29, 1.82) is 0 Å². The minimum absolute atomic E-state index is 0.322. The SMILES string of the molecule is C=Cc1ccccc1.C=Cc1ccccc1C=C.Oc1ccccc1. The summed E-state index contributed by atoms with van der Waals surface area (Å²) in [6.45, 7) is 11.0. The minimum Gasteiger partial charge on any atom is -0.508 e. The van der Waals surface area contributed by atoms with Gasteiger partial charge in [0, 0.05) is 0 Å². The molecular weight excluding hydrogens is 304 g/mol. The number of aromatic hydroxyl groups is 1. The molecule has 0 bridgehead atoms. The maximum Gasteiger partial charge on any atom is 0.115 e. The topological polar surface area (TPSA) is 20.2 Å². The molecule has 0 saturated heterocycles. The first-order valence-corrected chi connectivity index (χ1v) is 7.96. The highest BCUT2D eigenvalue weighted by molar-refractivity contribution is 5.63. The molecule has 0 amide bonds. The fourth-order valence-corrected chi connectivity index (χ4v) is 1.90. The zero-order valence-corrected chi connectivity index (χ0v) is 14.4. The molecule has 0 saturated carbocycles. The van der Waals surface area contributed by atoms with Crippen LogP contribution in [0.1, 0.15) is 16.7 Å². The molecule has 0 aliphatic carbocycles. The molecule has 126 valence electrons. The molecule has 0 aliphatic heterocycles. The molecule has 1 heteroatoms. The fraction of sp³-hybridized carbons (Fsp3) is 0. The van der Waals surface area contributed by atoms with E-state index in [1.165, 1.54) is 5.56 Å². The fourth-order valence-electron chi connectivity index (χ4n) is 1.90. The van der Waals surface area contributed by atoms with Crippen molar-refractivity contribution in [1.82, 2.24) is 0 Å². The molecule has 1 N–H and O–H groups in total. The summed E-state index contributed by atoms with van der Waals surface area (Å²) in [7, 11) is 0. The van der Waals surface area contributed by atoms with Gasteiger partial charge in [-0.2, -0.15) is 0 Å². The molecule has 0 fully saturated rings.